The second-order valence-electron chi connectivity index (χ2n) is 4.95. The number of aromatic nitrogens is 4. The summed E-state index contributed by atoms with van der Waals surface area (Å²) < 4.78 is 14.4. The number of tetrazole rings is 1. The number of amides is 1. The predicted molar refractivity (Wildman–Crippen MR) is 85.2 cm³/mol. The molecule has 1 heterocycles. The number of rotatable bonds is 4. The lowest BCUT2D eigenvalue weighted by Gasteiger charge is -2.04. The quantitative estimate of drug-likeness (QED) is 0.587. The van der Waals surface area contributed by atoms with E-state index in [2.05, 4.69) is 26.1 Å². The number of hydrogen-bond donors (Lipinski definition) is 1. The highest BCUT2D eigenvalue weighted by Gasteiger charge is 2.06. The van der Waals surface area contributed by atoms with Gasteiger partial charge in [-0.15, -0.1) is 5.10 Å². The molecule has 24 heavy (non-hydrogen) atoms. The topological polar surface area (TPSA) is 85.1 Å². The van der Waals surface area contributed by atoms with Gasteiger partial charge in [-0.3, -0.25) is 4.79 Å². The summed E-state index contributed by atoms with van der Waals surface area (Å²) in [7, 11) is 0. The first-order chi connectivity index (χ1) is 11.6. The molecule has 1 amide bonds. The van der Waals surface area contributed by atoms with E-state index in [1.165, 1.54) is 23.1 Å². The maximum absolute atomic E-state index is 12.9. The van der Waals surface area contributed by atoms with Crippen molar-refractivity contribution in [3.05, 3.63) is 71.8 Å². The minimum Gasteiger partial charge on any atom is -0.267 e. The first-order valence-electron chi connectivity index (χ1n) is 7.07. The van der Waals surface area contributed by atoms with Crippen molar-refractivity contribution >= 4 is 11.6 Å². The molecule has 0 spiro atoms. The molecule has 0 aliphatic carbocycles. The highest BCUT2D eigenvalue weighted by molar-refractivity contribution is 6.00. The molecule has 0 unspecified atom stereocenters. The Balaban J connectivity index is 1.68. The van der Waals surface area contributed by atoms with Crippen LogP contribution < -0.4 is 5.43 Å². The van der Waals surface area contributed by atoms with E-state index in [0.29, 0.717) is 11.3 Å². The Morgan fingerprint density at radius 2 is 1.75 bits per heavy atom. The van der Waals surface area contributed by atoms with Gasteiger partial charge in [0.15, 0.2) is 0 Å². The largest absolute Gasteiger partial charge is 0.271 e. The number of hydrazone groups is 1. The Bertz CT molecular complexity index is 857. The first-order valence-corrected chi connectivity index (χ1v) is 7.07. The summed E-state index contributed by atoms with van der Waals surface area (Å²) in [5.41, 5.74) is 4.96. The van der Waals surface area contributed by atoms with Gasteiger partial charge in [-0.2, -0.15) is 5.10 Å². The molecule has 1 aromatic heterocycles. The first kappa shape index (κ1) is 15.5. The van der Waals surface area contributed by atoms with Crippen LogP contribution in [-0.4, -0.2) is 31.8 Å². The fraction of sp³-hybridized carbons (Fsp3) is 0.0625. The summed E-state index contributed by atoms with van der Waals surface area (Å²) in [6.07, 6.45) is 1.46. The van der Waals surface area contributed by atoms with E-state index < -0.39 is 0 Å². The van der Waals surface area contributed by atoms with E-state index in [1.807, 2.05) is 0 Å². The highest BCUT2D eigenvalue weighted by atomic mass is 19.1. The zero-order chi connectivity index (χ0) is 16.9. The summed E-state index contributed by atoms with van der Waals surface area (Å²) in [5.74, 6) is -0.669. The van der Waals surface area contributed by atoms with Crippen LogP contribution in [0.1, 0.15) is 22.8 Å². The van der Waals surface area contributed by atoms with Gasteiger partial charge in [0.25, 0.3) is 5.91 Å². The van der Waals surface area contributed by atoms with Crippen molar-refractivity contribution in [1.82, 2.24) is 25.6 Å². The molecule has 3 aromatic rings. The Hall–Kier alpha value is -3.42. The van der Waals surface area contributed by atoms with Crippen LogP contribution in [0.5, 0.6) is 0 Å². The van der Waals surface area contributed by atoms with Crippen molar-refractivity contribution in [3.8, 4) is 5.69 Å². The van der Waals surface area contributed by atoms with Crippen LogP contribution in [0.4, 0.5) is 4.39 Å². The zero-order valence-corrected chi connectivity index (χ0v) is 12.7. The summed E-state index contributed by atoms with van der Waals surface area (Å²) in [6.45, 7) is 1.73. The SMILES string of the molecule is C/C(=N/NC(=O)c1ccc(-n2cnnn2)cc1)c1ccc(F)cc1. The molecule has 0 bridgehead atoms. The van der Waals surface area contributed by atoms with E-state index >= 15 is 0 Å². The van der Waals surface area contributed by atoms with Crippen molar-refractivity contribution in [2.45, 2.75) is 6.92 Å². The third-order valence-electron chi connectivity index (χ3n) is 3.33. The van der Waals surface area contributed by atoms with Crippen LogP contribution in [-0.2, 0) is 0 Å². The average Bonchev–Trinajstić information content (AvgIpc) is 3.15. The Morgan fingerprint density at radius 1 is 1.08 bits per heavy atom. The lowest BCUT2D eigenvalue weighted by molar-refractivity contribution is 0.0955. The number of benzene rings is 2. The minimum atomic E-state index is -0.347. The predicted octanol–water partition coefficient (Wildman–Crippen LogP) is 1.96. The van der Waals surface area contributed by atoms with Crippen LogP contribution >= 0.6 is 0 Å². The normalized spacial score (nSPS) is 11.3. The van der Waals surface area contributed by atoms with Gasteiger partial charge in [0.05, 0.1) is 11.4 Å². The molecule has 0 saturated carbocycles. The van der Waals surface area contributed by atoms with Gasteiger partial charge in [0.2, 0.25) is 0 Å². The van der Waals surface area contributed by atoms with Gasteiger partial charge in [-0.25, -0.2) is 14.5 Å². The van der Waals surface area contributed by atoms with Crippen LogP contribution in [0.15, 0.2) is 60.0 Å². The van der Waals surface area contributed by atoms with Crippen molar-refractivity contribution in [2.75, 3.05) is 0 Å². The van der Waals surface area contributed by atoms with Gasteiger partial charge in [0, 0.05) is 5.56 Å². The molecule has 3 rings (SSSR count). The molecule has 0 fully saturated rings. The van der Waals surface area contributed by atoms with Gasteiger partial charge in [-0.05, 0) is 59.3 Å². The zero-order valence-electron chi connectivity index (χ0n) is 12.7. The summed E-state index contributed by atoms with van der Waals surface area (Å²) in [5, 5.41) is 14.9. The Kier molecular flexibility index (Phi) is 4.37. The fourth-order valence-electron chi connectivity index (χ4n) is 2.00. The molecule has 7 nitrogen and oxygen atoms in total. The maximum atomic E-state index is 12.9. The average molecular weight is 324 g/mol. The van der Waals surface area contributed by atoms with Gasteiger partial charge in [-0.1, -0.05) is 12.1 Å². The third-order valence-corrected chi connectivity index (χ3v) is 3.33. The number of hydrogen-bond acceptors (Lipinski definition) is 5. The van der Waals surface area contributed by atoms with Crippen molar-refractivity contribution in [1.29, 1.82) is 0 Å². The minimum absolute atomic E-state index is 0.321. The lowest BCUT2D eigenvalue weighted by Crippen LogP contribution is -2.19. The van der Waals surface area contributed by atoms with Crippen molar-refractivity contribution in [2.24, 2.45) is 5.10 Å². The molecule has 0 radical (unpaired) electrons. The molecule has 0 saturated heterocycles. The molecular weight excluding hydrogens is 311 g/mol. The maximum Gasteiger partial charge on any atom is 0.271 e. The standard InChI is InChI=1S/C16H13FN6O/c1-11(12-2-6-14(17)7-3-12)19-20-16(24)13-4-8-15(9-5-13)23-10-18-21-22-23/h2-10H,1H3,(H,20,24)/b19-11-. The monoisotopic (exact) mass is 324 g/mol. The van der Waals surface area contributed by atoms with Gasteiger partial charge < -0.3 is 0 Å². The molecule has 1 N–H and O–H groups in total. The molecule has 0 aliphatic heterocycles. The van der Waals surface area contributed by atoms with Crippen LogP contribution in [0.25, 0.3) is 5.69 Å². The summed E-state index contributed by atoms with van der Waals surface area (Å²) in [4.78, 5) is 12.1. The summed E-state index contributed by atoms with van der Waals surface area (Å²) in [6, 6.07) is 12.6. The fourth-order valence-corrected chi connectivity index (χ4v) is 2.00. The number of carbonyl (C=O) groups excluding carboxylic acids is 1. The molecule has 120 valence electrons. The van der Waals surface area contributed by atoms with E-state index in [4.69, 9.17) is 0 Å². The summed E-state index contributed by atoms with van der Waals surface area (Å²) >= 11 is 0. The highest BCUT2D eigenvalue weighted by Crippen LogP contribution is 2.08. The van der Waals surface area contributed by atoms with E-state index in [0.717, 1.165) is 11.3 Å². The number of carbonyl (C=O) groups is 1. The molecule has 0 aliphatic rings. The van der Waals surface area contributed by atoms with E-state index in [-0.39, 0.29) is 11.7 Å². The number of nitrogens with zero attached hydrogens (tertiary/aromatic N) is 5. The van der Waals surface area contributed by atoms with E-state index in [1.54, 1.807) is 43.3 Å². The molecule has 8 heteroatoms. The second kappa shape index (κ2) is 6.78. The molecule has 0 atom stereocenters. The number of nitrogens with one attached hydrogen (secondary N) is 1. The van der Waals surface area contributed by atoms with E-state index in [9.17, 15) is 9.18 Å². The number of halogens is 1. The third kappa shape index (κ3) is 3.49. The Morgan fingerprint density at radius 3 is 2.38 bits per heavy atom. The van der Waals surface area contributed by atoms with Crippen LogP contribution in [0.2, 0.25) is 0 Å². The van der Waals surface area contributed by atoms with Crippen molar-refractivity contribution in [3.63, 3.8) is 0 Å². The Labute approximate surface area is 136 Å². The lowest BCUT2D eigenvalue weighted by atomic mass is 10.1. The molecule has 2 aromatic carbocycles. The smallest absolute Gasteiger partial charge is 0.267 e. The van der Waals surface area contributed by atoms with Gasteiger partial charge in [0.1, 0.15) is 12.1 Å². The van der Waals surface area contributed by atoms with Crippen LogP contribution in [0, 0.1) is 5.82 Å². The van der Waals surface area contributed by atoms with Crippen LogP contribution in [0.3, 0.4) is 0 Å². The van der Waals surface area contributed by atoms with Crippen molar-refractivity contribution < 1.29 is 9.18 Å². The molecular formula is C16H13FN6O. The second-order valence-corrected chi connectivity index (χ2v) is 4.95. The van der Waals surface area contributed by atoms with Gasteiger partial charge >= 0.3 is 0 Å².